The van der Waals surface area contributed by atoms with E-state index in [4.69, 9.17) is 13.9 Å². The molecule has 0 saturated carbocycles. The molecule has 1 aliphatic heterocycles. The number of amides is 1. The Hall–Kier alpha value is -3.59. The molecule has 0 saturated heterocycles. The largest absolute Gasteiger partial charge is 0.503 e. The fourth-order valence-electron chi connectivity index (χ4n) is 3.84. The number of anilines is 1. The zero-order chi connectivity index (χ0) is 24.1. The number of unbranched alkanes of at least 4 members (excludes halogenated alkanes) is 2. The number of Topliss-reactive ketones (excluding diaryl/α,β-unsaturated/α-hetero) is 1. The molecule has 1 N–H and O–H groups in total. The zero-order valence-electron chi connectivity index (χ0n) is 19.0. The third kappa shape index (κ3) is 4.56. The van der Waals surface area contributed by atoms with Gasteiger partial charge in [-0.15, -0.1) is 11.3 Å². The van der Waals surface area contributed by atoms with E-state index in [0.29, 0.717) is 35.4 Å². The Morgan fingerprint density at radius 1 is 1.21 bits per heavy atom. The van der Waals surface area contributed by atoms with Crippen LogP contribution in [0.25, 0.3) is 0 Å². The Morgan fingerprint density at radius 3 is 2.74 bits per heavy atom. The van der Waals surface area contributed by atoms with Crippen LogP contribution in [0, 0.1) is 0 Å². The van der Waals surface area contributed by atoms with Gasteiger partial charge in [0.15, 0.2) is 28.1 Å². The SMILES string of the molecule is CCCCCOc1ccc(C2C(C(=O)c3ccco3)=C(O)C(=O)N2c2nccs2)cc1OCC. The number of furan rings is 1. The molecule has 1 aromatic carbocycles. The summed E-state index contributed by atoms with van der Waals surface area (Å²) < 4.78 is 17.0. The molecule has 3 heterocycles. The molecular formula is C25H26N2O6S. The summed E-state index contributed by atoms with van der Waals surface area (Å²) in [6.07, 6.45) is 6.01. The molecule has 1 unspecified atom stereocenters. The minimum atomic E-state index is -0.912. The number of hydrogen-bond acceptors (Lipinski definition) is 8. The molecule has 0 spiro atoms. The van der Waals surface area contributed by atoms with Crippen LogP contribution in [0.3, 0.4) is 0 Å². The number of carbonyl (C=O) groups excluding carboxylic acids is 2. The number of aromatic nitrogens is 1. The third-order valence-corrected chi connectivity index (χ3v) is 6.18. The van der Waals surface area contributed by atoms with E-state index < -0.39 is 23.5 Å². The number of carbonyl (C=O) groups is 2. The van der Waals surface area contributed by atoms with Gasteiger partial charge >= 0.3 is 0 Å². The van der Waals surface area contributed by atoms with E-state index in [9.17, 15) is 14.7 Å². The Bertz CT molecular complexity index is 1170. The second-order valence-corrected chi connectivity index (χ2v) is 8.53. The molecule has 0 fully saturated rings. The van der Waals surface area contributed by atoms with E-state index >= 15 is 0 Å². The summed E-state index contributed by atoms with van der Waals surface area (Å²) in [6, 6.07) is 7.43. The van der Waals surface area contributed by atoms with Gasteiger partial charge in [0.05, 0.1) is 31.1 Å². The Kier molecular flexibility index (Phi) is 7.32. The maximum Gasteiger partial charge on any atom is 0.296 e. The molecule has 178 valence electrons. The summed E-state index contributed by atoms with van der Waals surface area (Å²) in [5.74, 6) is -0.788. The number of ether oxygens (including phenoxy) is 2. The number of nitrogens with zero attached hydrogens (tertiary/aromatic N) is 2. The van der Waals surface area contributed by atoms with Crippen LogP contribution >= 0.6 is 11.3 Å². The predicted octanol–water partition coefficient (Wildman–Crippen LogP) is 5.49. The molecule has 2 aromatic heterocycles. The van der Waals surface area contributed by atoms with Crippen LogP contribution in [0.4, 0.5) is 5.13 Å². The van der Waals surface area contributed by atoms with Gasteiger partial charge in [-0.1, -0.05) is 25.8 Å². The lowest BCUT2D eigenvalue weighted by Crippen LogP contribution is -2.31. The highest BCUT2D eigenvalue weighted by atomic mass is 32.1. The molecule has 9 heteroatoms. The summed E-state index contributed by atoms with van der Waals surface area (Å²) in [6.45, 7) is 4.96. The maximum absolute atomic E-state index is 13.3. The van der Waals surface area contributed by atoms with Crippen molar-refractivity contribution in [1.29, 1.82) is 0 Å². The fraction of sp³-hybridized carbons (Fsp3) is 0.320. The number of aliphatic hydroxyl groups excluding tert-OH is 1. The van der Waals surface area contributed by atoms with E-state index in [0.717, 1.165) is 19.3 Å². The van der Waals surface area contributed by atoms with Gasteiger partial charge in [-0.2, -0.15) is 0 Å². The smallest absolute Gasteiger partial charge is 0.296 e. The first kappa shape index (κ1) is 23.6. The number of aliphatic hydroxyl groups is 1. The van der Waals surface area contributed by atoms with Crippen molar-refractivity contribution in [3.05, 3.63) is 70.8 Å². The van der Waals surface area contributed by atoms with Gasteiger partial charge in [0.25, 0.3) is 5.91 Å². The highest BCUT2D eigenvalue weighted by Crippen LogP contribution is 2.44. The van der Waals surface area contributed by atoms with Crippen molar-refractivity contribution < 1.29 is 28.6 Å². The Balaban J connectivity index is 1.76. The first-order valence-corrected chi connectivity index (χ1v) is 12.1. The standard InChI is InChI=1S/C25H26N2O6S/c1-3-5-6-12-32-17-10-9-16(15-19(17)31-4-2)21-20(22(28)18-8-7-13-33-18)23(29)24(30)27(21)25-26-11-14-34-25/h7-11,13-15,21,29H,3-6,12H2,1-2H3. The summed E-state index contributed by atoms with van der Waals surface area (Å²) in [7, 11) is 0. The van der Waals surface area contributed by atoms with Crippen molar-refractivity contribution in [2.75, 3.05) is 18.1 Å². The van der Waals surface area contributed by atoms with E-state index in [-0.39, 0.29) is 11.3 Å². The normalized spacial score (nSPS) is 15.8. The van der Waals surface area contributed by atoms with Gasteiger partial charge in [0.2, 0.25) is 5.78 Å². The zero-order valence-corrected chi connectivity index (χ0v) is 19.8. The van der Waals surface area contributed by atoms with Gasteiger partial charge in [-0.25, -0.2) is 4.98 Å². The molecular weight excluding hydrogens is 456 g/mol. The summed E-state index contributed by atoms with van der Waals surface area (Å²) in [5.41, 5.74) is 0.501. The fourth-order valence-corrected chi connectivity index (χ4v) is 4.51. The van der Waals surface area contributed by atoms with Crippen LogP contribution in [0.15, 0.2) is 63.9 Å². The molecule has 0 bridgehead atoms. The van der Waals surface area contributed by atoms with Crippen molar-refractivity contribution in [2.45, 2.75) is 39.2 Å². The van der Waals surface area contributed by atoms with Crippen LogP contribution in [-0.2, 0) is 4.79 Å². The van der Waals surface area contributed by atoms with E-state index in [1.54, 1.807) is 35.8 Å². The second-order valence-electron chi connectivity index (χ2n) is 7.66. The van der Waals surface area contributed by atoms with Gasteiger partial charge in [-0.05, 0) is 43.2 Å². The predicted molar refractivity (Wildman–Crippen MR) is 128 cm³/mol. The average molecular weight is 483 g/mol. The van der Waals surface area contributed by atoms with Crippen LogP contribution < -0.4 is 14.4 Å². The highest BCUT2D eigenvalue weighted by molar-refractivity contribution is 7.13. The molecule has 1 amide bonds. The Labute approximate surface area is 201 Å². The summed E-state index contributed by atoms with van der Waals surface area (Å²) in [5, 5.41) is 12.9. The quantitative estimate of drug-likeness (QED) is 0.285. The van der Waals surface area contributed by atoms with Crippen molar-refractivity contribution in [1.82, 2.24) is 4.98 Å². The number of hydrogen-bond donors (Lipinski definition) is 1. The van der Waals surface area contributed by atoms with Crippen LogP contribution in [0.1, 0.15) is 55.3 Å². The number of ketones is 1. The molecule has 4 rings (SSSR count). The van der Waals surface area contributed by atoms with Crippen molar-refractivity contribution in [3.8, 4) is 11.5 Å². The lowest BCUT2D eigenvalue weighted by molar-refractivity contribution is -0.117. The van der Waals surface area contributed by atoms with Crippen LogP contribution in [-0.4, -0.2) is 35.0 Å². The van der Waals surface area contributed by atoms with E-state index in [1.807, 2.05) is 6.92 Å². The molecule has 8 nitrogen and oxygen atoms in total. The lowest BCUT2D eigenvalue weighted by Gasteiger charge is -2.25. The van der Waals surface area contributed by atoms with Gasteiger partial charge in [0.1, 0.15) is 0 Å². The van der Waals surface area contributed by atoms with Gasteiger partial charge in [0, 0.05) is 11.6 Å². The number of benzene rings is 1. The monoisotopic (exact) mass is 482 g/mol. The van der Waals surface area contributed by atoms with E-state index in [1.165, 1.54) is 28.6 Å². The first-order chi connectivity index (χ1) is 16.6. The topological polar surface area (TPSA) is 102 Å². The van der Waals surface area contributed by atoms with Crippen LogP contribution in [0.5, 0.6) is 11.5 Å². The number of thiazole rings is 1. The molecule has 0 aliphatic carbocycles. The maximum atomic E-state index is 13.3. The molecule has 34 heavy (non-hydrogen) atoms. The molecule has 0 radical (unpaired) electrons. The minimum Gasteiger partial charge on any atom is -0.503 e. The second kappa shape index (κ2) is 10.6. The molecule has 3 aromatic rings. The van der Waals surface area contributed by atoms with Crippen molar-refractivity contribution in [2.24, 2.45) is 0 Å². The van der Waals surface area contributed by atoms with Gasteiger partial charge < -0.3 is 19.0 Å². The Morgan fingerprint density at radius 2 is 2.06 bits per heavy atom. The van der Waals surface area contributed by atoms with E-state index in [2.05, 4.69) is 11.9 Å². The molecule has 1 atom stereocenters. The third-order valence-electron chi connectivity index (χ3n) is 5.41. The highest BCUT2D eigenvalue weighted by Gasteiger charge is 2.46. The van der Waals surface area contributed by atoms with Crippen molar-refractivity contribution in [3.63, 3.8) is 0 Å². The van der Waals surface area contributed by atoms with Crippen molar-refractivity contribution >= 4 is 28.2 Å². The summed E-state index contributed by atoms with van der Waals surface area (Å²) >= 11 is 1.23. The lowest BCUT2D eigenvalue weighted by atomic mass is 9.95. The summed E-state index contributed by atoms with van der Waals surface area (Å²) in [4.78, 5) is 31.9. The van der Waals surface area contributed by atoms with Crippen LogP contribution in [0.2, 0.25) is 0 Å². The minimum absolute atomic E-state index is 0.0289. The first-order valence-electron chi connectivity index (χ1n) is 11.2. The number of rotatable bonds is 11. The molecule has 1 aliphatic rings. The van der Waals surface area contributed by atoms with Gasteiger partial charge in [-0.3, -0.25) is 14.5 Å². The average Bonchev–Trinajstić information content (AvgIpc) is 3.60.